The fourth-order valence-corrected chi connectivity index (χ4v) is 3.53. The predicted molar refractivity (Wildman–Crippen MR) is 133 cm³/mol. The molecule has 0 fully saturated rings. The molecule has 0 aliphatic heterocycles. The Labute approximate surface area is 198 Å². The molecule has 190 valence electrons. The van der Waals surface area contributed by atoms with Crippen LogP contribution in [0.15, 0.2) is 12.7 Å². The molecule has 0 amide bonds. The molecule has 0 aliphatic carbocycles. The van der Waals surface area contributed by atoms with Crippen LogP contribution in [0.2, 0.25) is 0 Å². The zero-order valence-corrected chi connectivity index (χ0v) is 21.1. The Bertz CT molecular complexity index is 386. The van der Waals surface area contributed by atoms with E-state index in [1.165, 1.54) is 83.5 Å². The van der Waals surface area contributed by atoms with E-state index in [4.69, 9.17) is 18.9 Å². The summed E-state index contributed by atoms with van der Waals surface area (Å²) >= 11 is 0. The summed E-state index contributed by atoms with van der Waals surface area (Å²) in [6, 6.07) is 0. The molecule has 0 radical (unpaired) electrons. The zero-order valence-electron chi connectivity index (χ0n) is 21.1. The molecule has 0 unspecified atom stereocenters. The van der Waals surface area contributed by atoms with Crippen molar-refractivity contribution in [3.63, 3.8) is 0 Å². The van der Waals surface area contributed by atoms with Gasteiger partial charge in [0.1, 0.15) is 6.61 Å². The molecule has 5 heteroatoms. The van der Waals surface area contributed by atoms with Crippen molar-refractivity contribution in [2.45, 2.75) is 110 Å². The average molecular weight is 457 g/mol. The second kappa shape index (κ2) is 28.1. The SMILES string of the molecule is C=CCOCCOCCOCCOC(=O)CCCCCCCCCCCCCCCCC. The number of hydrogen-bond donors (Lipinski definition) is 0. The molecule has 0 saturated carbocycles. The number of carbonyl (C=O) groups is 1. The molecule has 0 saturated heterocycles. The van der Waals surface area contributed by atoms with Gasteiger partial charge in [0.15, 0.2) is 0 Å². The van der Waals surface area contributed by atoms with Gasteiger partial charge in [-0.25, -0.2) is 0 Å². The minimum Gasteiger partial charge on any atom is -0.463 e. The van der Waals surface area contributed by atoms with Crippen LogP contribution in [0, 0.1) is 0 Å². The van der Waals surface area contributed by atoms with Crippen molar-refractivity contribution in [2.24, 2.45) is 0 Å². The molecule has 0 aromatic carbocycles. The third-order valence-electron chi connectivity index (χ3n) is 5.45. The van der Waals surface area contributed by atoms with Crippen molar-refractivity contribution >= 4 is 5.97 Å². The normalized spacial score (nSPS) is 11.0. The van der Waals surface area contributed by atoms with Crippen LogP contribution in [0.4, 0.5) is 0 Å². The maximum absolute atomic E-state index is 11.7. The first kappa shape index (κ1) is 31.1. The number of carbonyl (C=O) groups excluding carboxylic acids is 1. The number of hydrogen-bond acceptors (Lipinski definition) is 5. The van der Waals surface area contributed by atoms with E-state index in [2.05, 4.69) is 13.5 Å². The zero-order chi connectivity index (χ0) is 23.4. The minimum atomic E-state index is -0.112. The molecule has 0 heterocycles. The van der Waals surface area contributed by atoms with Crippen molar-refractivity contribution in [1.29, 1.82) is 0 Å². The van der Waals surface area contributed by atoms with E-state index in [0.717, 1.165) is 12.8 Å². The van der Waals surface area contributed by atoms with Crippen molar-refractivity contribution in [3.05, 3.63) is 12.7 Å². The van der Waals surface area contributed by atoms with Crippen LogP contribution < -0.4 is 0 Å². The molecule has 0 aliphatic rings. The first-order valence-electron chi connectivity index (χ1n) is 13.3. The molecule has 0 atom stereocenters. The van der Waals surface area contributed by atoms with Crippen molar-refractivity contribution in [1.82, 2.24) is 0 Å². The highest BCUT2D eigenvalue weighted by Crippen LogP contribution is 2.13. The summed E-state index contributed by atoms with van der Waals surface area (Å²) in [5.41, 5.74) is 0. The van der Waals surface area contributed by atoms with Gasteiger partial charge in [-0.2, -0.15) is 0 Å². The van der Waals surface area contributed by atoms with Gasteiger partial charge >= 0.3 is 5.97 Å². The Morgan fingerprint density at radius 1 is 0.594 bits per heavy atom. The summed E-state index contributed by atoms with van der Waals surface area (Å²) in [6.45, 7) is 9.26. The van der Waals surface area contributed by atoms with Gasteiger partial charge in [-0.3, -0.25) is 4.79 Å². The monoisotopic (exact) mass is 456 g/mol. The molecule has 0 bridgehead atoms. The van der Waals surface area contributed by atoms with Gasteiger partial charge in [-0.15, -0.1) is 6.58 Å². The van der Waals surface area contributed by atoms with E-state index in [9.17, 15) is 4.79 Å². The Hall–Kier alpha value is -0.910. The van der Waals surface area contributed by atoms with Crippen LogP contribution >= 0.6 is 0 Å². The van der Waals surface area contributed by atoms with E-state index in [1.54, 1.807) is 6.08 Å². The summed E-state index contributed by atoms with van der Waals surface area (Å²) in [7, 11) is 0. The van der Waals surface area contributed by atoms with Gasteiger partial charge in [0.25, 0.3) is 0 Å². The van der Waals surface area contributed by atoms with Gasteiger partial charge in [0.2, 0.25) is 0 Å². The van der Waals surface area contributed by atoms with Gasteiger partial charge in [0.05, 0.1) is 39.6 Å². The molecule has 5 nitrogen and oxygen atoms in total. The van der Waals surface area contributed by atoms with Crippen LogP contribution in [0.1, 0.15) is 110 Å². The Kier molecular flexibility index (Phi) is 27.3. The third-order valence-corrected chi connectivity index (χ3v) is 5.45. The predicted octanol–water partition coefficient (Wildman–Crippen LogP) is 7.03. The lowest BCUT2D eigenvalue weighted by atomic mass is 10.0. The lowest BCUT2D eigenvalue weighted by Crippen LogP contribution is -2.13. The van der Waals surface area contributed by atoms with E-state index < -0.39 is 0 Å². The number of unbranched alkanes of at least 4 members (excludes halogenated alkanes) is 14. The van der Waals surface area contributed by atoms with E-state index in [-0.39, 0.29) is 5.97 Å². The van der Waals surface area contributed by atoms with Crippen LogP contribution in [0.5, 0.6) is 0 Å². The van der Waals surface area contributed by atoms with E-state index in [1.807, 2.05) is 0 Å². The summed E-state index contributed by atoms with van der Waals surface area (Å²) in [4.78, 5) is 11.7. The standard InChI is InChI=1S/C27H52O5/c1-3-5-6-7-8-9-10-11-12-13-14-15-16-17-18-19-27(28)32-26-25-31-24-23-30-22-21-29-20-4-2/h4H,2-3,5-26H2,1H3. The van der Waals surface area contributed by atoms with Gasteiger partial charge < -0.3 is 18.9 Å². The summed E-state index contributed by atoms with van der Waals surface area (Å²) in [5.74, 6) is -0.112. The Balaban J connectivity index is 3.14. The smallest absolute Gasteiger partial charge is 0.305 e. The largest absolute Gasteiger partial charge is 0.463 e. The fraction of sp³-hybridized carbons (Fsp3) is 0.889. The second-order valence-electron chi connectivity index (χ2n) is 8.51. The molecule has 0 rings (SSSR count). The molecule has 0 aromatic heterocycles. The topological polar surface area (TPSA) is 54.0 Å². The van der Waals surface area contributed by atoms with Crippen LogP contribution in [0.3, 0.4) is 0 Å². The highest BCUT2D eigenvalue weighted by atomic mass is 16.6. The highest BCUT2D eigenvalue weighted by molar-refractivity contribution is 5.69. The van der Waals surface area contributed by atoms with E-state index in [0.29, 0.717) is 52.7 Å². The summed E-state index contributed by atoms with van der Waals surface area (Å²) in [6.07, 6.45) is 22.2. The molecule has 32 heavy (non-hydrogen) atoms. The molecular formula is C27H52O5. The second-order valence-corrected chi connectivity index (χ2v) is 8.51. The number of ether oxygens (including phenoxy) is 4. The number of esters is 1. The van der Waals surface area contributed by atoms with Crippen LogP contribution in [-0.2, 0) is 23.7 Å². The molecule has 0 aromatic rings. The fourth-order valence-electron chi connectivity index (χ4n) is 3.53. The molecule has 0 spiro atoms. The Morgan fingerprint density at radius 2 is 1.00 bits per heavy atom. The van der Waals surface area contributed by atoms with Gasteiger partial charge in [-0.05, 0) is 6.42 Å². The lowest BCUT2D eigenvalue weighted by molar-refractivity contribution is -0.145. The lowest BCUT2D eigenvalue weighted by Gasteiger charge is -2.07. The number of rotatable bonds is 27. The maximum atomic E-state index is 11.7. The van der Waals surface area contributed by atoms with Gasteiger partial charge in [0, 0.05) is 6.42 Å². The van der Waals surface area contributed by atoms with Crippen molar-refractivity contribution in [2.75, 3.05) is 46.2 Å². The first-order chi connectivity index (χ1) is 15.8. The van der Waals surface area contributed by atoms with Crippen LogP contribution in [-0.4, -0.2) is 52.2 Å². The average Bonchev–Trinajstić information content (AvgIpc) is 2.80. The van der Waals surface area contributed by atoms with Crippen molar-refractivity contribution < 1.29 is 23.7 Å². The maximum Gasteiger partial charge on any atom is 0.305 e. The van der Waals surface area contributed by atoms with Crippen LogP contribution in [0.25, 0.3) is 0 Å². The quantitative estimate of drug-likeness (QED) is 0.0754. The summed E-state index contributed by atoms with van der Waals surface area (Å²) < 4.78 is 21.1. The first-order valence-corrected chi connectivity index (χ1v) is 13.3. The Morgan fingerprint density at radius 3 is 1.47 bits per heavy atom. The van der Waals surface area contributed by atoms with Gasteiger partial charge in [-0.1, -0.05) is 103 Å². The minimum absolute atomic E-state index is 0.112. The van der Waals surface area contributed by atoms with Crippen molar-refractivity contribution in [3.8, 4) is 0 Å². The summed E-state index contributed by atoms with van der Waals surface area (Å²) in [5, 5.41) is 0. The molecule has 0 N–H and O–H groups in total. The third kappa shape index (κ3) is 27.1. The molecular weight excluding hydrogens is 404 g/mol. The van der Waals surface area contributed by atoms with E-state index >= 15 is 0 Å². The highest BCUT2D eigenvalue weighted by Gasteiger charge is 2.02.